The van der Waals surface area contributed by atoms with Gasteiger partial charge < -0.3 is 10.1 Å². The number of aromatic nitrogens is 2. The van der Waals surface area contributed by atoms with E-state index >= 15 is 0 Å². The second-order valence-electron chi connectivity index (χ2n) is 5.08. The zero-order valence-corrected chi connectivity index (χ0v) is 12.7. The van der Waals surface area contributed by atoms with Crippen molar-refractivity contribution in [2.24, 2.45) is 0 Å². The lowest BCUT2D eigenvalue weighted by atomic mass is 10.0. The summed E-state index contributed by atoms with van der Waals surface area (Å²) in [6.45, 7) is 5.96. The minimum Gasteiger partial charge on any atom is -0.383 e. The monoisotopic (exact) mass is 287 g/mol. The number of rotatable bonds is 6. The van der Waals surface area contributed by atoms with Gasteiger partial charge in [0.2, 0.25) is 0 Å². The van der Waals surface area contributed by atoms with Crippen LogP contribution >= 0.6 is 0 Å². The zero-order chi connectivity index (χ0) is 15.2. The van der Waals surface area contributed by atoms with Crippen LogP contribution in [-0.4, -0.2) is 30.5 Å². The summed E-state index contributed by atoms with van der Waals surface area (Å²) in [7, 11) is 1.65. The highest BCUT2D eigenvalue weighted by Crippen LogP contribution is 2.19. The van der Waals surface area contributed by atoms with Crippen molar-refractivity contribution >= 4 is 0 Å². The first kappa shape index (κ1) is 15.4. The van der Waals surface area contributed by atoms with E-state index in [1.165, 1.54) is 11.1 Å². The summed E-state index contributed by atoms with van der Waals surface area (Å²) in [5.74, 6) is 0. The van der Waals surface area contributed by atoms with E-state index < -0.39 is 0 Å². The van der Waals surface area contributed by atoms with Gasteiger partial charge in [0.05, 0.1) is 12.3 Å². The molecule has 0 saturated heterocycles. The van der Waals surface area contributed by atoms with E-state index in [2.05, 4.69) is 41.5 Å². The van der Waals surface area contributed by atoms with Crippen molar-refractivity contribution in [3.8, 4) is 11.3 Å². The highest BCUT2D eigenvalue weighted by molar-refractivity contribution is 5.60. The first-order chi connectivity index (χ1) is 10.1. The summed E-state index contributed by atoms with van der Waals surface area (Å²) in [5, 5.41) is 9.87. The topological polar surface area (TPSA) is 67.0 Å². The van der Waals surface area contributed by atoms with E-state index in [9.17, 15) is 4.79 Å². The van der Waals surface area contributed by atoms with Crippen LogP contribution in [0, 0.1) is 13.8 Å². The molecule has 0 atom stereocenters. The van der Waals surface area contributed by atoms with Crippen LogP contribution in [0.25, 0.3) is 11.3 Å². The molecule has 2 rings (SSSR count). The molecule has 112 valence electrons. The average Bonchev–Trinajstić information content (AvgIpc) is 2.48. The maximum absolute atomic E-state index is 11.8. The third-order valence-electron chi connectivity index (χ3n) is 3.48. The van der Waals surface area contributed by atoms with E-state index in [-0.39, 0.29) is 5.56 Å². The normalized spacial score (nSPS) is 10.8. The molecule has 0 aliphatic rings. The molecule has 2 N–H and O–H groups in total. The predicted octanol–water partition coefficient (Wildman–Crippen LogP) is 1.79. The molecule has 0 radical (unpaired) electrons. The number of hydrogen-bond acceptors (Lipinski definition) is 4. The van der Waals surface area contributed by atoms with Crippen LogP contribution in [0.15, 0.2) is 29.1 Å². The Labute approximate surface area is 124 Å². The second-order valence-corrected chi connectivity index (χ2v) is 5.08. The van der Waals surface area contributed by atoms with Gasteiger partial charge in [0.15, 0.2) is 0 Å². The molecular formula is C16H21N3O2. The molecule has 0 fully saturated rings. The number of ether oxygens (including phenoxy) is 1. The quantitative estimate of drug-likeness (QED) is 0.795. The fourth-order valence-electron chi connectivity index (χ4n) is 2.02. The molecule has 5 heteroatoms. The lowest BCUT2D eigenvalue weighted by Crippen LogP contribution is -2.24. The van der Waals surface area contributed by atoms with Gasteiger partial charge in [-0.1, -0.05) is 12.1 Å². The molecule has 0 aliphatic carbocycles. The fraction of sp³-hybridized carbons (Fsp3) is 0.375. The standard InChI is InChI=1S/C16H21N3O2/c1-11-4-5-13(8-12(11)2)15-9-14(16(20)19-18-15)10-17-6-7-21-3/h4-5,8-9,17H,6-7,10H2,1-3H3,(H,19,20). The van der Waals surface area contributed by atoms with E-state index in [1.807, 2.05) is 12.1 Å². The Morgan fingerprint density at radius 3 is 2.76 bits per heavy atom. The van der Waals surface area contributed by atoms with Crippen molar-refractivity contribution in [3.05, 3.63) is 51.3 Å². The Kier molecular flexibility index (Phi) is 5.25. The minimum absolute atomic E-state index is 0.160. The van der Waals surface area contributed by atoms with Gasteiger partial charge in [0.1, 0.15) is 0 Å². The molecule has 0 aliphatic heterocycles. The van der Waals surface area contributed by atoms with Crippen molar-refractivity contribution in [2.75, 3.05) is 20.3 Å². The first-order valence-corrected chi connectivity index (χ1v) is 6.97. The van der Waals surface area contributed by atoms with E-state index in [0.29, 0.717) is 25.3 Å². The van der Waals surface area contributed by atoms with Gasteiger partial charge in [-0.05, 0) is 37.1 Å². The van der Waals surface area contributed by atoms with Crippen LogP contribution in [0.4, 0.5) is 0 Å². The predicted molar refractivity (Wildman–Crippen MR) is 83.4 cm³/mol. The van der Waals surface area contributed by atoms with E-state index in [0.717, 1.165) is 11.3 Å². The van der Waals surface area contributed by atoms with Gasteiger partial charge in [-0.15, -0.1) is 0 Å². The van der Waals surface area contributed by atoms with Gasteiger partial charge in [-0.2, -0.15) is 5.10 Å². The van der Waals surface area contributed by atoms with Crippen LogP contribution < -0.4 is 10.9 Å². The van der Waals surface area contributed by atoms with Gasteiger partial charge in [-0.3, -0.25) is 4.79 Å². The Morgan fingerprint density at radius 2 is 2.05 bits per heavy atom. The van der Waals surface area contributed by atoms with Crippen molar-refractivity contribution in [1.29, 1.82) is 0 Å². The number of hydrogen-bond donors (Lipinski definition) is 2. The molecule has 1 aromatic carbocycles. The Hall–Kier alpha value is -1.98. The summed E-state index contributed by atoms with van der Waals surface area (Å²) >= 11 is 0. The lowest BCUT2D eigenvalue weighted by molar-refractivity contribution is 0.199. The number of benzene rings is 1. The van der Waals surface area contributed by atoms with Crippen LogP contribution in [0.1, 0.15) is 16.7 Å². The number of aryl methyl sites for hydroxylation is 2. The summed E-state index contributed by atoms with van der Waals surface area (Å²) in [4.78, 5) is 11.8. The van der Waals surface area contributed by atoms with Crippen LogP contribution in [0.3, 0.4) is 0 Å². The van der Waals surface area contributed by atoms with Gasteiger partial charge >= 0.3 is 0 Å². The molecule has 0 unspecified atom stereocenters. The van der Waals surface area contributed by atoms with Crippen molar-refractivity contribution in [3.63, 3.8) is 0 Å². The summed E-state index contributed by atoms with van der Waals surface area (Å²) in [6, 6.07) is 8.00. The third kappa shape index (κ3) is 4.00. The minimum atomic E-state index is -0.160. The molecule has 0 spiro atoms. The number of nitrogens with zero attached hydrogens (tertiary/aromatic N) is 1. The first-order valence-electron chi connectivity index (χ1n) is 6.97. The number of H-pyrrole nitrogens is 1. The molecule has 5 nitrogen and oxygen atoms in total. The zero-order valence-electron chi connectivity index (χ0n) is 12.7. The van der Waals surface area contributed by atoms with Crippen molar-refractivity contribution < 1.29 is 4.74 Å². The molecule has 2 aromatic rings. The van der Waals surface area contributed by atoms with Gasteiger partial charge in [0, 0.05) is 31.3 Å². The second kappa shape index (κ2) is 7.15. The average molecular weight is 287 g/mol. The molecular weight excluding hydrogens is 266 g/mol. The highest BCUT2D eigenvalue weighted by Gasteiger charge is 2.06. The number of aromatic amines is 1. The highest BCUT2D eigenvalue weighted by atomic mass is 16.5. The molecule has 0 saturated carbocycles. The van der Waals surface area contributed by atoms with Crippen LogP contribution in [0.2, 0.25) is 0 Å². The summed E-state index contributed by atoms with van der Waals surface area (Å²) < 4.78 is 4.97. The van der Waals surface area contributed by atoms with Gasteiger partial charge in [0.25, 0.3) is 5.56 Å². The van der Waals surface area contributed by atoms with Crippen LogP contribution in [0.5, 0.6) is 0 Å². The molecule has 1 aromatic heterocycles. The summed E-state index contributed by atoms with van der Waals surface area (Å²) in [5.41, 5.74) is 4.75. The molecule has 0 bridgehead atoms. The van der Waals surface area contributed by atoms with Crippen molar-refractivity contribution in [1.82, 2.24) is 15.5 Å². The largest absolute Gasteiger partial charge is 0.383 e. The maximum atomic E-state index is 11.8. The van der Waals surface area contributed by atoms with E-state index in [1.54, 1.807) is 7.11 Å². The van der Waals surface area contributed by atoms with Crippen LogP contribution in [-0.2, 0) is 11.3 Å². The van der Waals surface area contributed by atoms with Gasteiger partial charge in [-0.25, -0.2) is 5.10 Å². The Morgan fingerprint density at radius 1 is 1.24 bits per heavy atom. The number of nitrogens with one attached hydrogen (secondary N) is 2. The summed E-state index contributed by atoms with van der Waals surface area (Å²) in [6.07, 6.45) is 0. The molecule has 21 heavy (non-hydrogen) atoms. The lowest BCUT2D eigenvalue weighted by Gasteiger charge is -2.07. The Balaban J connectivity index is 2.21. The Bertz CT molecular complexity index is 665. The maximum Gasteiger partial charge on any atom is 0.268 e. The van der Waals surface area contributed by atoms with E-state index in [4.69, 9.17) is 4.74 Å². The molecule has 1 heterocycles. The smallest absolute Gasteiger partial charge is 0.268 e. The third-order valence-corrected chi connectivity index (χ3v) is 3.48. The SMILES string of the molecule is COCCNCc1cc(-c2ccc(C)c(C)c2)n[nH]c1=O. The number of methoxy groups -OCH3 is 1. The fourth-order valence-corrected chi connectivity index (χ4v) is 2.02. The molecule has 0 amide bonds. The van der Waals surface area contributed by atoms with Crippen molar-refractivity contribution in [2.45, 2.75) is 20.4 Å².